The average Bonchev–Trinajstić information content (AvgIpc) is 2.96. The predicted molar refractivity (Wildman–Crippen MR) is 119 cm³/mol. The predicted octanol–water partition coefficient (Wildman–Crippen LogP) is 4.11. The number of anilines is 1. The topological polar surface area (TPSA) is 77.4 Å². The Morgan fingerprint density at radius 1 is 1.23 bits per heavy atom. The highest BCUT2D eigenvalue weighted by Gasteiger charge is 2.35. The smallest absolute Gasteiger partial charge is 0.247 e. The Labute approximate surface area is 184 Å². The lowest BCUT2D eigenvalue weighted by Crippen LogP contribution is -2.37. The van der Waals surface area contributed by atoms with Gasteiger partial charge in [-0.05, 0) is 36.6 Å². The van der Waals surface area contributed by atoms with Crippen molar-refractivity contribution in [3.63, 3.8) is 0 Å². The summed E-state index contributed by atoms with van der Waals surface area (Å²) in [6.07, 6.45) is 6.71. The summed E-state index contributed by atoms with van der Waals surface area (Å²) in [6, 6.07) is 14.8. The summed E-state index contributed by atoms with van der Waals surface area (Å²) in [4.78, 5) is 19.3. The summed E-state index contributed by atoms with van der Waals surface area (Å²) >= 11 is 1.37. The molecule has 0 bridgehead atoms. The van der Waals surface area contributed by atoms with Gasteiger partial charge in [0.05, 0.1) is 5.69 Å². The van der Waals surface area contributed by atoms with Gasteiger partial charge in [0.25, 0.3) is 0 Å². The van der Waals surface area contributed by atoms with Crippen molar-refractivity contribution in [2.45, 2.75) is 24.7 Å². The van der Waals surface area contributed by atoms with Crippen molar-refractivity contribution in [2.75, 3.05) is 17.8 Å². The maximum absolute atomic E-state index is 13.1. The number of hydrogen-bond donors (Lipinski definition) is 0. The number of hydrogen-bond acceptors (Lipinski definition) is 7. The molecule has 1 aliphatic heterocycles. The number of fused-ring (bicyclic) bond motifs is 3. The van der Waals surface area contributed by atoms with Crippen LogP contribution in [0.4, 0.5) is 5.69 Å². The molecule has 156 valence electrons. The van der Waals surface area contributed by atoms with Crippen LogP contribution in [0, 0.1) is 12.3 Å². The Morgan fingerprint density at radius 2 is 2.00 bits per heavy atom. The second-order valence-electron chi connectivity index (χ2n) is 6.62. The van der Waals surface area contributed by atoms with E-state index in [4.69, 9.17) is 15.9 Å². The summed E-state index contributed by atoms with van der Waals surface area (Å²) < 4.78 is 11.8. The molecular weight excluding hydrogens is 412 g/mol. The van der Waals surface area contributed by atoms with Crippen LogP contribution in [0.1, 0.15) is 25.1 Å². The zero-order valence-corrected chi connectivity index (χ0v) is 17.9. The van der Waals surface area contributed by atoms with Gasteiger partial charge in [-0.3, -0.25) is 9.69 Å². The summed E-state index contributed by atoms with van der Waals surface area (Å²) in [5.74, 6) is 3.32. The van der Waals surface area contributed by atoms with Crippen molar-refractivity contribution >= 4 is 23.4 Å². The Balaban J connectivity index is 1.86. The second-order valence-corrected chi connectivity index (χ2v) is 7.39. The zero-order valence-electron chi connectivity index (χ0n) is 17.1. The van der Waals surface area contributed by atoms with Gasteiger partial charge in [0, 0.05) is 17.5 Å². The SMILES string of the molecule is C#CCOc1ccc([C@H]2Oc3nc(SC)nnc3-c3ccccc3N2C(=O)CC)cc1. The minimum atomic E-state index is -0.733. The molecule has 1 atom stereocenters. The lowest BCUT2D eigenvalue weighted by molar-refractivity contribution is -0.120. The molecule has 0 aliphatic carbocycles. The fourth-order valence-corrected chi connectivity index (χ4v) is 3.61. The first kappa shape index (κ1) is 20.7. The number of ether oxygens (including phenoxy) is 2. The molecule has 0 spiro atoms. The van der Waals surface area contributed by atoms with E-state index in [1.54, 1.807) is 17.0 Å². The zero-order chi connectivity index (χ0) is 21.8. The molecule has 8 heteroatoms. The number of carbonyl (C=O) groups excluding carboxylic acids is 1. The summed E-state index contributed by atoms with van der Waals surface area (Å²) in [5.41, 5.74) is 2.70. The van der Waals surface area contributed by atoms with Crippen LogP contribution < -0.4 is 14.4 Å². The van der Waals surface area contributed by atoms with Crippen molar-refractivity contribution in [1.29, 1.82) is 0 Å². The number of benzene rings is 2. The number of terminal acetylenes is 1. The maximum atomic E-state index is 13.1. The molecule has 0 saturated heterocycles. The molecule has 0 radical (unpaired) electrons. The largest absolute Gasteiger partial charge is 0.481 e. The van der Waals surface area contributed by atoms with Crippen LogP contribution in [-0.2, 0) is 4.79 Å². The molecular formula is C23H20N4O3S. The van der Waals surface area contributed by atoms with Gasteiger partial charge >= 0.3 is 0 Å². The maximum Gasteiger partial charge on any atom is 0.247 e. The van der Waals surface area contributed by atoms with Gasteiger partial charge in [-0.1, -0.05) is 42.8 Å². The minimum Gasteiger partial charge on any atom is -0.481 e. The minimum absolute atomic E-state index is 0.0871. The lowest BCUT2D eigenvalue weighted by Gasteiger charge is -2.30. The number of carbonyl (C=O) groups is 1. The van der Waals surface area contributed by atoms with E-state index >= 15 is 0 Å². The molecule has 31 heavy (non-hydrogen) atoms. The van der Waals surface area contributed by atoms with Crippen molar-refractivity contribution in [2.24, 2.45) is 0 Å². The molecule has 0 fully saturated rings. The van der Waals surface area contributed by atoms with Crippen LogP contribution in [0.25, 0.3) is 11.3 Å². The number of rotatable bonds is 5. The summed E-state index contributed by atoms with van der Waals surface area (Å²) in [5, 5.41) is 9.01. The number of aromatic nitrogens is 3. The van der Waals surface area contributed by atoms with Crippen molar-refractivity contribution in [3.05, 3.63) is 54.1 Å². The van der Waals surface area contributed by atoms with Gasteiger partial charge in [-0.2, -0.15) is 4.98 Å². The first-order chi connectivity index (χ1) is 15.2. The van der Waals surface area contributed by atoms with Gasteiger partial charge in [0.15, 0.2) is 5.69 Å². The van der Waals surface area contributed by atoms with Crippen LogP contribution in [0.3, 0.4) is 0 Å². The van der Waals surface area contributed by atoms with E-state index in [-0.39, 0.29) is 12.5 Å². The monoisotopic (exact) mass is 432 g/mol. The standard InChI is InChI=1S/C23H20N4O3S/c1-4-14-29-16-12-10-15(11-13-16)22-27(19(28)5-2)18-9-7-6-8-17(18)20-21(30-22)24-23(31-3)26-25-20/h1,6-13,22H,5,14H2,2-3H3/t22-/m1/s1. The van der Waals surface area contributed by atoms with E-state index < -0.39 is 6.23 Å². The molecule has 4 rings (SSSR count). The fraction of sp³-hybridized carbons (Fsp3) is 0.217. The molecule has 7 nitrogen and oxygen atoms in total. The van der Waals surface area contributed by atoms with Gasteiger partial charge in [0.2, 0.25) is 23.2 Å². The molecule has 2 heterocycles. The molecule has 0 saturated carbocycles. The third-order valence-corrected chi connectivity index (χ3v) is 5.29. The fourth-order valence-electron chi connectivity index (χ4n) is 3.31. The van der Waals surface area contributed by atoms with E-state index in [2.05, 4.69) is 21.1 Å². The van der Waals surface area contributed by atoms with Gasteiger partial charge in [-0.15, -0.1) is 16.6 Å². The Morgan fingerprint density at radius 3 is 2.71 bits per heavy atom. The first-order valence-corrected chi connectivity index (χ1v) is 10.9. The second kappa shape index (κ2) is 9.06. The van der Waals surface area contributed by atoms with Crippen LogP contribution in [0.5, 0.6) is 11.6 Å². The Bertz CT molecular complexity index is 1140. The summed E-state index contributed by atoms with van der Waals surface area (Å²) in [7, 11) is 0. The molecule has 1 aromatic heterocycles. The Hall–Kier alpha value is -3.57. The molecule has 0 N–H and O–H groups in total. The van der Waals surface area contributed by atoms with E-state index in [9.17, 15) is 4.79 Å². The normalized spacial score (nSPS) is 14.5. The highest BCUT2D eigenvalue weighted by Crippen LogP contribution is 2.43. The van der Waals surface area contributed by atoms with Crippen LogP contribution in [-0.4, -0.2) is 34.0 Å². The van der Waals surface area contributed by atoms with E-state index in [0.717, 1.165) is 11.1 Å². The van der Waals surface area contributed by atoms with Crippen LogP contribution >= 0.6 is 11.8 Å². The van der Waals surface area contributed by atoms with E-state index in [0.29, 0.717) is 34.6 Å². The molecule has 1 amide bonds. The number of para-hydroxylation sites is 1. The van der Waals surface area contributed by atoms with Gasteiger partial charge < -0.3 is 9.47 Å². The highest BCUT2D eigenvalue weighted by molar-refractivity contribution is 7.98. The molecule has 0 unspecified atom stereocenters. The Kier molecular flexibility index (Phi) is 6.05. The molecule has 3 aromatic rings. The van der Waals surface area contributed by atoms with E-state index in [1.807, 2.05) is 49.6 Å². The third kappa shape index (κ3) is 4.05. The third-order valence-electron chi connectivity index (χ3n) is 4.75. The van der Waals surface area contributed by atoms with Crippen LogP contribution in [0.15, 0.2) is 53.7 Å². The van der Waals surface area contributed by atoms with Gasteiger partial charge in [-0.25, -0.2) is 0 Å². The van der Waals surface area contributed by atoms with E-state index in [1.165, 1.54) is 11.8 Å². The molecule has 1 aliphatic rings. The van der Waals surface area contributed by atoms with Gasteiger partial charge in [0.1, 0.15) is 12.4 Å². The van der Waals surface area contributed by atoms with Crippen molar-refractivity contribution in [3.8, 4) is 35.2 Å². The summed E-state index contributed by atoms with van der Waals surface area (Å²) in [6.45, 7) is 2.00. The molecule has 2 aromatic carbocycles. The first-order valence-electron chi connectivity index (χ1n) is 9.69. The lowest BCUT2D eigenvalue weighted by atomic mass is 10.1. The van der Waals surface area contributed by atoms with Crippen molar-refractivity contribution in [1.82, 2.24) is 15.2 Å². The number of nitrogens with zero attached hydrogens (tertiary/aromatic N) is 4. The number of amides is 1. The highest BCUT2D eigenvalue weighted by atomic mass is 32.2. The quantitative estimate of drug-likeness (QED) is 0.444. The van der Waals surface area contributed by atoms with Crippen LogP contribution in [0.2, 0.25) is 0 Å². The average molecular weight is 433 g/mol. The number of thioether (sulfide) groups is 1. The van der Waals surface area contributed by atoms with Crippen molar-refractivity contribution < 1.29 is 14.3 Å².